The second-order valence-electron chi connectivity index (χ2n) is 14.6. The molecule has 0 atom stereocenters. The number of rotatable bonds is 1. The average Bonchev–Trinajstić information content (AvgIpc) is 3.18. The predicted octanol–water partition coefficient (Wildman–Crippen LogP) is 14.9. The zero-order valence-corrected chi connectivity index (χ0v) is 28.3. The van der Waals surface area contributed by atoms with Gasteiger partial charge in [-0.05, 0) is 198 Å². The molecule has 0 radical (unpaired) electrons. The highest BCUT2D eigenvalue weighted by Gasteiger charge is 2.15. The maximum Gasteiger partial charge on any atom is -0.00204 e. The second-order valence-corrected chi connectivity index (χ2v) is 14.6. The summed E-state index contributed by atoms with van der Waals surface area (Å²) in [6.45, 7) is 0. The van der Waals surface area contributed by atoms with Crippen LogP contribution < -0.4 is 0 Å². The Morgan fingerprint density at radius 2 is 0.519 bits per heavy atom. The molecule has 0 saturated carbocycles. The van der Waals surface area contributed by atoms with E-state index in [1.807, 2.05) is 0 Å². The third-order valence-corrected chi connectivity index (χ3v) is 11.6. The van der Waals surface area contributed by atoms with Crippen molar-refractivity contribution in [3.8, 4) is 11.1 Å². The van der Waals surface area contributed by atoms with E-state index in [4.69, 9.17) is 0 Å². The van der Waals surface area contributed by atoms with Crippen molar-refractivity contribution in [3.63, 3.8) is 0 Å². The molecule has 0 heteroatoms. The quantitative estimate of drug-likeness (QED) is 0.122. The topological polar surface area (TPSA) is 0 Å². The SMILES string of the molecule is c1ccc2cc3cc4cc5c(ccc6cc7cc8cccc(-c9c%10ccccc%10cc%10cc%11ccccc%11cc9%10)c8cc7cc65)cc4cc3cc2c1. The zero-order valence-electron chi connectivity index (χ0n) is 28.3. The van der Waals surface area contributed by atoms with Gasteiger partial charge in [-0.25, -0.2) is 0 Å². The molecule has 0 aliphatic heterocycles. The van der Waals surface area contributed by atoms with Crippen molar-refractivity contribution >= 4 is 108 Å². The lowest BCUT2D eigenvalue weighted by atomic mass is 9.87. The minimum atomic E-state index is 1.26. The Hall–Kier alpha value is -6.76. The van der Waals surface area contributed by atoms with Gasteiger partial charge in [0, 0.05) is 0 Å². The Morgan fingerprint density at radius 1 is 0.173 bits per heavy atom. The van der Waals surface area contributed by atoms with Crippen molar-refractivity contribution in [3.05, 3.63) is 182 Å². The fourth-order valence-corrected chi connectivity index (χ4v) is 9.04. The zero-order chi connectivity index (χ0) is 33.9. The Balaban J connectivity index is 1.12. The van der Waals surface area contributed by atoms with Gasteiger partial charge in [-0.15, -0.1) is 0 Å². The first-order valence-electron chi connectivity index (χ1n) is 18.1. The fraction of sp³-hybridized carbons (Fsp3) is 0. The molecule has 0 heterocycles. The van der Waals surface area contributed by atoms with E-state index in [1.165, 1.54) is 119 Å². The van der Waals surface area contributed by atoms with Crippen molar-refractivity contribution in [1.29, 1.82) is 0 Å². The fourth-order valence-electron chi connectivity index (χ4n) is 9.04. The molecule has 238 valence electrons. The van der Waals surface area contributed by atoms with Crippen LogP contribution in [-0.2, 0) is 0 Å². The van der Waals surface area contributed by atoms with E-state index in [2.05, 4.69) is 182 Å². The van der Waals surface area contributed by atoms with Crippen molar-refractivity contribution in [2.24, 2.45) is 0 Å². The monoisotopic (exact) mass is 654 g/mol. The lowest BCUT2D eigenvalue weighted by molar-refractivity contribution is 1.73. The van der Waals surface area contributed by atoms with Gasteiger partial charge in [0.2, 0.25) is 0 Å². The maximum absolute atomic E-state index is 2.44. The summed E-state index contributed by atoms with van der Waals surface area (Å²) in [5.41, 5.74) is 2.58. The summed E-state index contributed by atoms with van der Waals surface area (Å²) < 4.78 is 0. The van der Waals surface area contributed by atoms with E-state index in [9.17, 15) is 0 Å². The van der Waals surface area contributed by atoms with E-state index < -0.39 is 0 Å². The molecule has 52 heavy (non-hydrogen) atoms. The van der Waals surface area contributed by atoms with E-state index in [0.29, 0.717) is 0 Å². The van der Waals surface area contributed by atoms with E-state index >= 15 is 0 Å². The molecule has 12 rings (SSSR count). The van der Waals surface area contributed by atoms with Crippen LogP contribution in [0.5, 0.6) is 0 Å². The number of hydrogen-bond acceptors (Lipinski definition) is 0. The van der Waals surface area contributed by atoms with Crippen LogP contribution in [0.3, 0.4) is 0 Å². The minimum absolute atomic E-state index is 1.26. The van der Waals surface area contributed by atoms with Crippen LogP contribution in [0.25, 0.3) is 119 Å². The molecule has 0 saturated heterocycles. The minimum Gasteiger partial charge on any atom is -0.0616 e. The van der Waals surface area contributed by atoms with Crippen LogP contribution in [0.15, 0.2) is 182 Å². The molecule has 0 fully saturated rings. The number of benzene rings is 12. The highest BCUT2D eigenvalue weighted by molar-refractivity contribution is 6.22. The van der Waals surface area contributed by atoms with E-state index in [1.54, 1.807) is 0 Å². The summed E-state index contributed by atoms with van der Waals surface area (Å²) in [5.74, 6) is 0. The third kappa shape index (κ3) is 4.10. The molecule has 0 bridgehead atoms. The summed E-state index contributed by atoms with van der Waals surface area (Å²) in [4.78, 5) is 0. The molecular formula is C52H30. The van der Waals surface area contributed by atoms with Crippen LogP contribution in [0.2, 0.25) is 0 Å². The molecule has 0 spiro atoms. The third-order valence-electron chi connectivity index (χ3n) is 11.6. The Labute approximate surface area is 299 Å². The van der Waals surface area contributed by atoms with Crippen molar-refractivity contribution < 1.29 is 0 Å². The first-order chi connectivity index (χ1) is 25.7. The lowest BCUT2D eigenvalue weighted by Crippen LogP contribution is -1.89. The van der Waals surface area contributed by atoms with Gasteiger partial charge in [0.25, 0.3) is 0 Å². The van der Waals surface area contributed by atoms with Gasteiger partial charge in [-0.3, -0.25) is 0 Å². The van der Waals surface area contributed by atoms with Crippen LogP contribution in [0, 0.1) is 0 Å². The van der Waals surface area contributed by atoms with Gasteiger partial charge in [0.15, 0.2) is 0 Å². The highest BCUT2D eigenvalue weighted by atomic mass is 14.2. The first-order valence-corrected chi connectivity index (χ1v) is 18.1. The first kappa shape index (κ1) is 28.0. The molecule has 0 aliphatic rings. The summed E-state index contributed by atoms with van der Waals surface area (Å²) >= 11 is 0. The summed E-state index contributed by atoms with van der Waals surface area (Å²) in [5, 5.41) is 25.6. The maximum atomic E-state index is 2.44. The van der Waals surface area contributed by atoms with Gasteiger partial charge >= 0.3 is 0 Å². The predicted molar refractivity (Wildman–Crippen MR) is 227 cm³/mol. The van der Waals surface area contributed by atoms with Gasteiger partial charge < -0.3 is 0 Å². The molecule has 0 aliphatic carbocycles. The molecular weight excluding hydrogens is 625 g/mol. The number of fused-ring (bicyclic) bond motifs is 11. The van der Waals surface area contributed by atoms with Crippen LogP contribution in [0.1, 0.15) is 0 Å². The Kier molecular flexibility index (Phi) is 5.59. The van der Waals surface area contributed by atoms with E-state index in [0.717, 1.165) is 0 Å². The van der Waals surface area contributed by atoms with Gasteiger partial charge in [0.05, 0.1) is 0 Å². The molecule has 0 N–H and O–H groups in total. The molecule has 0 nitrogen and oxygen atoms in total. The van der Waals surface area contributed by atoms with Gasteiger partial charge in [-0.2, -0.15) is 0 Å². The summed E-state index contributed by atoms with van der Waals surface area (Å²) in [7, 11) is 0. The van der Waals surface area contributed by atoms with Crippen LogP contribution >= 0.6 is 0 Å². The highest BCUT2D eigenvalue weighted by Crippen LogP contribution is 2.43. The smallest absolute Gasteiger partial charge is 0.00204 e. The lowest BCUT2D eigenvalue weighted by Gasteiger charge is -2.16. The van der Waals surface area contributed by atoms with Crippen molar-refractivity contribution in [2.45, 2.75) is 0 Å². The van der Waals surface area contributed by atoms with Gasteiger partial charge in [0.1, 0.15) is 0 Å². The molecule has 0 unspecified atom stereocenters. The van der Waals surface area contributed by atoms with Crippen molar-refractivity contribution in [1.82, 2.24) is 0 Å². The van der Waals surface area contributed by atoms with Gasteiger partial charge in [-0.1, -0.05) is 103 Å². The molecule has 0 amide bonds. The normalized spacial score (nSPS) is 12.2. The standard InChI is InChI=1S/C52H30/c1-2-9-32-19-40-26-43-28-49-38(23-42(43)25-39(40)18-31(32)8-1)17-16-37-22-41-21-36-13-7-15-47(48(36)29-44(41)30-50(37)49)52-46-14-6-5-12-35(46)24-45-20-33-10-3-4-11-34(33)27-51(45)52/h1-30H. The number of hydrogen-bond donors (Lipinski definition) is 0. The van der Waals surface area contributed by atoms with Crippen LogP contribution in [-0.4, -0.2) is 0 Å². The van der Waals surface area contributed by atoms with Crippen molar-refractivity contribution in [2.75, 3.05) is 0 Å². The summed E-state index contributed by atoms with van der Waals surface area (Å²) in [6.07, 6.45) is 0. The second kappa shape index (κ2) is 10.4. The average molecular weight is 655 g/mol. The molecule has 12 aromatic carbocycles. The van der Waals surface area contributed by atoms with E-state index in [-0.39, 0.29) is 0 Å². The van der Waals surface area contributed by atoms with Crippen LogP contribution in [0.4, 0.5) is 0 Å². The molecule has 0 aromatic heterocycles. The Bertz CT molecular complexity index is 3510. The Morgan fingerprint density at radius 3 is 1.13 bits per heavy atom. The largest absolute Gasteiger partial charge is 0.0616 e. The molecule has 12 aromatic rings. The summed E-state index contributed by atoms with van der Waals surface area (Å²) in [6, 6.07) is 68.5.